The van der Waals surface area contributed by atoms with E-state index in [0.29, 0.717) is 6.04 Å². The monoisotopic (exact) mass is 355 g/mol. The van der Waals surface area contributed by atoms with Crippen LogP contribution in [0.5, 0.6) is 0 Å². The van der Waals surface area contributed by atoms with Gasteiger partial charge in [-0.15, -0.1) is 0 Å². The lowest BCUT2D eigenvalue weighted by Gasteiger charge is -2.33. The number of nitrogens with zero attached hydrogens (tertiary/aromatic N) is 2. The predicted octanol–water partition coefficient (Wildman–Crippen LogP) is 3.80. The van der Waals surface area contributed by atoms with Gasteiger partial charge in [0.2, 0.25) is 0 Å². The zero-order valence-electron chi connectivity index (χ0n) is 16.0. The number of carbonyl (C=O) groups excluding carboxylic acids is 1. The van der Waals surface area contributed by atoms with Crippen LogP contribution in [0.15, 0.2) is 24.3 Å². The molecule has 2 heterocycles. The Kier molecular flexibility index (Phi) is 5.78. The maximum Gasteiger partial charge on any atom is 0.317 e. The number of hydrogen-bond donors (Lipinski definition) is 1. The fourth-order valence-electron chi connectivity index (χ4n) is 4.89. The van der Waals surface area contributed by atoms with Crippen molar-refractivity contribution >= 4 is 6.03 Å². The van der Waals surface area contributed by atoms with Gasteiger partial charge in [0.05, 0.1) is 0 Å². The molecule has 142 valence electrons. The molecule has 1 saturated carbocycles. The summed E-state index contributed by atoms with van der Waals surface area (Å²) in [5, 5.41) is 3.27. The Morgan fingerprint density at radius 1 is 1.00 bits per heavy atom. The van der Waals surface area contributed by atoms with Gasteiger partial charge in [0.1, 0.15) is 0 Å². The number of carbonyl (C=O) groups is 1. The van der Waals surface area contributed by atoms with Gasteiger partial charge in [-0.25, -0.2) is 4.79 Å². The van der Waals surface area contributed by atoms with Crippen molar-refractivity contribution in [3.05, 3.63) is 35.4 Å². The van der Waals surface area contributed by atoms with Crippen molar-refractivity contribution < 1.29 is 4.79 Å². The van der Waals surface area contributed by atoms with Crippen LogP contribution in [0.3, 0.4) is 0 Å². The first-order chi connectivity index (χ1) is 12.8. The highest BCUT2D eigenvalue weighted by Gasteiger charge is 2.26. The molecule has 1 aliphatic carbocycles. The number of amides is 2. The molecule has 0 aromatic heterocycles. The third-order valence-corrected chi connectivity index (χ3v) is 6.63. The molecule has 4 rings (SSSR count). The van der Waals surface area contributed by atoms with E-state index in [9.17, 15) is 4.79 Å². The first kappa shape index (κ1) is 17.8. The number of nitrogens with one attached hydrogen (secondary N) is 1. The zero-order valence-corrected chi connectivity index (χ0v) is 16.0. The maximum absolute atomic E-state index is 12.2. The van der Waals surface area contributed by atoms with Crippen LogP contribution in [0, 0.1) is 5.92 Å². The molecule has 1 aromatic carbocycles. The Morgan fingerprint density at radius 3 is 2.50 bits per heavy atom. The lowest BCUT2D eigenvalue weighted by Crippen LogP contribution is -2.45. The normalized spacial score (nSPS) is 26.5. The second-order valence-electron chi connectivity index (χ2n) is 8.44. The van der Waals surface area contributed by atoms with E-state index in [1.165, 1.54) is 62.7 Å². The highest BCUT2D eigenvalue weighted by atomic mass is 16.2. The second-order valence-corrected chi connectivity index (χ2v) is 8.44. The quantitative estimate of drug-likeness (QED) is 0.892. The van der Waals surface area contributed by atoms with E-state index >= 15 is 0 Å². The summed E-state index contributed by atoms with van der Waals surface area (Å²) in [5.41, 5.74) is 3.06. The molecular formula is C22H33N3O. The number of fused-ring (bicyclic) bond motifs is 1. The van der Waals surface area contributed by atoms with Crippen molar-refractivity contribution in [1.82, 2.24) is 15.1 Å². The molecule has 4 nitrogen and oxygen atoms in total. The van der Waals surface area contributed by atoms with Gasteiger partial charge in [-0.3, -0.25) is 4.90 Å². The summed E-state index contributed by atoms with van der Waals surface area (Å²) < 4.78 is 0. The molecule has 26 heavy (non-hydrogen) atoms. The van der Waals surface area contributed by atoms with Gasteiger partial charge in [-0.1, -0.05) is 24.3 Å². The fourth-order valence-corrected chi connectivity index (χ4v) is 4.89. The average molecular weight is 356 g/mol. The first-order valence-electron chi connectivity index (χ1n) is 10.6. The molecule has 3 aliphatic rings. The maximum atomic E-state index is 12.2. The molecule has 1 N–H and O–H groups in total. The van der Waals surface area contributed by atoms with Crippen LogP contribution in [0.25, 0.3) is 0 Å². The second kappa shape index (κ2) is 8.43. The molecule has 0 bridgehead atoms. The summed E-state index contributed by atoms with van der Waals surface area (Å²) >= 11 is 0. The molecule has 2 aliphatic heterocycles. The minimum Gasteiger partial charge on any atom is -0.335 e. The SMILES string of the molecule is O=C(NC1CCC(CCN2CCc3ccccc3C2)CC1)N1CCCC1. The van der Waals surface area contributed by atoms with Crippen LogP contribution in [0.2, 0.25) is 0 Å². The fraction of sp³-hybridized carbons (Fsp3) is 0.682. The van der Waals surface area contributed by atoms with E-state index < -0.39 is 0 Å². The van der Waals surface area contributed by atoms with Gasteiger partial charge in [0.25, 0.3) is 0 Å². The average Bonchev–Trinajstić information content (AvgIpc) is 3.22. The van der Waals surface area contributed by atoms with E-state index in [-0.39, 0.29) is 6.03 Å². The molecule has 0 atom stereocenters. The van der Waals surface area contributed by atoms with Crippen LogP contribution >= 0.6 is 0 Å². The number of rotatable bonds is 4. The van der Waals surface area contributed by atoms with Crippen molar-refractivity contribution in [3.63, 3.8) is 0 Å². The summed E-state index contributed by atoms with van der Waals surface area (Å²) in [4.78, 5) is 16.9. The van der Waals surface area contributed by atoms with Crippen molar-refractivity contribution in [3.8, 4) is 0 Å². The molecule has 0 spiro atoms. The summed E-state index contributed by atoms with van der Waals surface area (Å²) in [5.74, 6) is 0.840. The third kappa shape index (κ3) is 4.40. The Morgan fingerprint density at radius 2 is 1.73 bits per heavy atom. The molecule has 1 aromatic rings. The van der Waals surface area contributed by atoms with Crippen LogP contribution in [-0.2, 0) is 13.0 Å². The lowest BCUT2D eigenvalue weighted by molar-refractivity contribution is 0.188. The van der Waals surface area contributed by atoms with E-state index in [1.54, 1.807) is 0 Å². The standard InChI is InChI=1S/C22H33N3O/c26-22(25-13-3-4-14-25)23-21-9-7-18(8-10-21)11-15-24-16-12-19-5-1-2-6-20(19)17-24/h1-2,5-6,18,21H,3-4,7-17H2,(H,23,26). The van der Waals surface area contributed by atoms with Gasteiger partial charge < -0.3 is 10.2 Å². The summed E-state index contributed by atoms with van der Waals surface area (Å²) in [6.07, 6.45) is 9.72. The molecule has 0 radical (unpaired) electrons. The molecule has 1 saturated heterocycles. The minimum atomic E-state index is 0.179. The molecule has 4 heteroatoms. The van der Waals surface area contributed by atoms with E-state index in [2.05, 4.69) is 34.5 Å². The van der Waals surface area contributed by atoms with Gasteiger partial charge in [-0.05, 0) is 75.0 Å². The molecule has 2 amide bonds. The third-order valence-electron chi connectivity index (χ3n) is 6.63. The number of hydrogen-bond acceptors (Lipinski definition) is 2. The predicted molar refractivity (Wildman–Crippen MR) is 105 cm³/mol. The molecular weight excluding hydrogens is 322 g/mol. The van der Waals surface area contributed by atoms with Crippen molar-refractivity contribution in [1.29, 1.82) is 0 Å². The Balaban J connectivity index is 1.16. The van der Waals surface area contributed by atoms with Gasteiger partial charge in [-0.2, -0.15) is 0 Å². The largest absolute Gasteiger partial charge is 0.335 e. The van der Waals surface area contributed by atoms with Gasteiger partial charge in [0, 0.05) is 32.2 Å². The molecule has 2 fully saturated rings. The van der Waals surface area contributed by atoms with Crippen molar-refractivity contribution in [2.75, 3.05) is 26.2 Å². The minimum absolute atomic E-state index is 0.179. The molecule has 0 unspecified atom stereocenters. The van der Waals surface area contributed by atoms with E-state index in [4.69, 9.17) is 0 Å². The van der Waals surface area contributed by atoms with Crippen LogP contribution < -0.4 is 5.32 Å². The summed E-state index contributed by atoms with van der Waals surface area (Å²) in [7, 11) is 0. The topological polar surface area (TPSA) is 35.6 Å². The van der Waals surface area contributed by atoms with Crippen molar-refractivity contribution in [2.24, 2.45) is 5.92 Å². The number of benzene rings is 1. The Labute approximate surface area is 157 Å². The highest BCUT2D eigenvalue weighted by Crippen LogP contribution is 2.28. The van der Waals surface area contributed by atoms with Gasteiger partial charge in [0.15, 0.2) is 0 Å². The van der Waals surface area contributed by atoms with Crippen LogP contribution in [0.4, 0.5) is 4.79 Å². The lowest BCUT2D eigenvalue weighted by atomic mass is 9.84. The smallest absolute Gasteiger partial charge is 0.317 e. The van der Waals surface area contributed by atoms with Crippen LogP contribution in [0.1, 0.15) is 56.1 Å². The first-order valence-corrected chi connectivity index (χ1v) is 10.6. The van der Waals surface area contributed by atoms with E-state index in [0.717, 1.165) is 38.4 Å². The number of likely N-dealkylation sites (tertiary alicyclic amines) is 1. The van der Waals surface area contributed by atoms with E-state index in [1.807, 2.05) is 4.90 Å². The summed E-state index contributed by atoms with van der Waals surface area (Å²) in [6.45, 7) is 5.44. The Bertz CT molecular complexity index is 603. The van der Waals surface area contributed by atoms with Gasteiger partial charge >= 0.3 is 6.03 Å². The highest BCUT2D eigenvalue weighted by molar-refractivity contribution is 5.74. The Hall–Kier alpha value is -1.55. The van der Waals surface area contributed by atoms with Crippen LogP contribution in [-0.4, -0.2) is 48.1 Å². The summed E-state index contributed by atoms with van der Waals surface area (Å²) in [6, 6.07) is 9.48. The zero-order chi connectivity index (χ0) is 17.8. The number of urea groups is 1. The van der Waals surface area contributed by atoms with Crippen molar-refractivity contribution in [2.45, 2.75) is 64.0 Å².